The standard InChI is InChI=1S/C10H14N2O3/c1-15-6-9-11-5-8(4-10(13)14)12(9)7-2-3-7/h5,7H,2-4,6H2,1H3,(H,13,14). The number of hydrogen-bond acceptors (Lipinski definition) is 3. The van der Waals surface area contributed by atoms with E-state index >= 15 is 0 Å². The molecule has 0 bridgehead atoms. The van der Waals surface area contributed by atoms with Gasteiger partial charge in [-0.2, -0.15) is 0 Å². The number of carbonyl (C=O) groups is 1. The molecule has 1 N–H and O–H groups in total. The van der Waals surface area contributed by atoms with Gasteiger partial charge in [0.25, 0.3) is 0 Å². The summed E-state index contributed by atoms with van der Waals surface area (Å²) in [5.41, 5.74) is 0.775. The molecule has 0 unspecified atom stereocenters. The number of carboxylic acids is 1. The average Bonchev–Trinajstić information content (AvgIpc) is 2.92. The Morgan fingerprint density at radius 2 is 2.47 bits per heavy atom. The number of ether oxygens (including phenoxy) is 1. The van der Waals surface area contributed by atoms with E-state index in [9.17, 15) is 4.79 Å². The van der Waals surface area contributed by atoms with E-state index in [0.29, 0.717) is 12.6 Å². The third kappa shape index (κ3) is 2.18. The normalized spacial score (nSPS) is 15.5. The second-order valence-corrected chi connectivity index (χ2v) is 3.77. The topological polar surface area (TPSA) is 64.3 Å². The van der Waals surface area contributed by atoms with Crippen LogP contribution in [0.4, 0.5) is 0 Å². The van der Waals surface area contributed by atoms with Gasteiger partial charge in [-0.15, -0.1) is 0 Å². The van der Waals surface area contributed by atoms with Crippen LogP contribution in [0.2, 0.25) is 0 Å². The third-order valence-corrected chi connectivity index (χ3v) is 2.47. The molecular formula is C10H14N2O3. The Bertz CT molecular complexity index is 369. The Balaban J connectivity index is 2.24. The molecule has 0 radical (unpaired) electrons. The van der Waals surface area contributed by atoms with Gasteiger partial charge >= 0.3 is 5.97 Å². The summed E-state index contributed by atoms with van der Waals surface area (Å²) < 4.78 is 7.05. The molecule has 1 aromatic heterocycles. The third-order valence-electron chi connectivity index (χ3n) is 2.47. The first kappa shape index (κ1) is 10.2. The maximum atomic E-state index is 10.7. The van der Waals surface area contributed by atoms with E-state index in [-0.39, 0.29) is 6.42 Å². The van der Waals surface area contributed by atoms with Gasteiger partial charge in [-0.25, -0.2) is 4.98 Å². The van der Waals surface area contributed by atoms with Gasteiger partial charge in [-0.1, -0.05) is 0 Å². The van der Waals surface area contributed by atoms with Crippen LogP contribution in [0.5, 0.6) is 0 Å². The molecule has 0 aliphatic heterocycles. The summed E-state index contributed by atoms with van der Waals surface area (Å²) in [6.45, 7) is 0.441. The van der Waals surface area contributed by atoms with Gasteiger partial charge in [-0.05, 0) is 12.8 Å². The molecule has 82 valence electrons. The zero-order valence-corrected chi connectivity index (χ0v) is 8.64. The van der Waals surface area contributed by atoms with E-state index in [1.165, 1.54) is 0 Å². The van der Waals surface area contributed by atoms with Gasteiger partial charge in [0.2, 0.25) is 0 Å². The lowest BCUT2D eigenvalue weighted by Crippen LogP contribution is -2.10. The van der Waals surface area contributed by atoms with Crippen LogP contribution < -0.4 is 0 Å². The predicted molar refractivity (Wildman–Crippen MR) is 52.6 cm³/mol. The van der Waals surface area contributed by atoms with E-state index in [2.05, 4.69) is 4.98 Å². The van der Waals surface area contributed by atoms with Gasteiger partial charge in [0.05, 0.1) is 6.42 Å². The molecule has 5 heteroatoms. The van der Waals surface area contributed by atoms with Crippen molar-refractivity contribution in [2.24, 2.45) is 0 Å². The maximum absolute atomic E-state index is 10.7. The zero-order valence-electron chi connectivity index (χ0n) is 8.64. The van der Waals surface area contributed by atoms with Gasteiger partial charge < -0.3 is 14.4 Å². The van der Waals surface area contributed by atoms with Crippen LogP contribution in [-0.4, -0.2) is 27.7 Å². The maximum Gasteiger partial charge on any atom is 0.309 e. The Morgan fingerprint density at radius 3 is 3.00 bits per heavy atom. The first-order chi connectivity index (χ1) is 7.22. The lowest BCUT2D eigenvalue weighted by Gasteiger charge is -2.08. The van der Waals surface area contributed by atoms with E-state index in [0.717, 1.165) is 24.4 Å². The largest absolute Gasteiger partial charge is 0.481 e. The minimum Gasteiger partial charge on any atom is -0.481 e. The second-order valence-electron chi connectivity index (χ2n) is 3.77. The van der Waals surface area contributed by atoms with Gasteiger partial charge in [-0.3, -0.25) is 4.79 Å². The number of imidazole rings is 1. The highest BCUT2D eigenvalue weighted by Crippen LogP contribution is 2.37. The Hall–Kier alpha value is -1.36. The van der Waals surface area contributed by atoms with Gasteiger partial charge in [0.15, 0.2) is 0 Å². The molecule has 0 atom stereocenters. The highest BCUT2D eigenvalue weighted by Gasteiger charge is 2.28. The molecule has 1 fully saturated rings. The molecule has 0 aromatic carbocycles. The highest BCUT2D eigenvalue weighted by molar-refractivity contribution is 5.69. The van der Waals surface area contributed by atoms with Crippen molar-refractivity contribution >= 4 is 5.97 Å². The summed E-state index contributed by atoms with van der Waals surface area (Å²) in [6, 6.07) is 0.437. The van der Waals surface area contributed by atoms with Crippen molar-refractivity contribution in [2.75, 3.05) is 7.11 Å². The molecule has 1 heterocycles. The summed E-state index contributed by atoms with van der Waals surface area (Å²) in [5.74, 6) is 0.0111. The summed E-state index contributed by atoms with van der Waals surface area (Å²) in [7, 11) is 1.61. The van der Waals surface area contributed by atoms with Crippen LogP contribution in [0.3, 0.4) is 0 Å². The molecule has 1 aromatic rings. The number of carboxylic acid groups (broad SMARTS) is 1. The molecule has 15 heavy (non-hydrogen) atoms. The van der Waals surface area contributed by atoms with Crippen LogP contribution >= 0.6 is 0 Å². The van der Waals surface area contributed by atoms with Crippen LogP contribution in [0.1, 0.15) is 30.4 Å². The van der Waals surface area contributed by atoms with Crippen molar-refractivity contribution in [1.29, 1.82) is 0 Å². The number of rotatable bonds is 5. The minimum atomic E-state index is -0.819. The minimum absolute atomic E-state index is 0.0349. The Morgan fingerprint density at radius 1 is 1.73 bits per heavy atom. The van der Waals surface area contributed by atoms with Crippen LogP contribution in [-0.2, 0) is 22.6 Å². The number of aliphatic carboxylic acids is 1. The molecule has 5 nitrogen and oxygen atoms in total. The Kier molecular flexibility index (Phi) is 2.73. The summed E-state index contributed by atoms with van der Waals surface area (Å²) in [4.78, 5) is 14.9. The zero-order chi connectivity index (χ0) is 10.8. The molecule has 1 aliphatic rings. The van der Waals surface area contributed by atoms with Crippen molar-refractivity contribution in [1.82, 2.24) is 9.55 Å². The molecule has 0 saturated heterocycles. The summed E-state index contributed by atoms with van der Waals surface area (Å²) in [6.07, 6.45) is 3.90. The monoisotopic (exact) mass is 210 g/mol. The fourth-order valence-corrected chi connectivity index (χ4v) is 1.74. The molecule has 1 aliphatic carbocycles. The Labute approximate surface area is 87.7 Å². The fourth-order valence-electron chi connectivity index (χ4n) is 1.74. The van der Waals surface area contributed by atoms with Crippen LogP contribution in [0, 0.1) is 0 Å². The van der Waals surface area contributed by atoms with Crippen molar-refractivity contribution in [3.8, 4) is 0 Å². The van der Waals surface area contributed by atoms with Gasteiger partial charge in [0.1, 0.15) is 12.4 Å². The molecule has 1 saturated carbocycles. The SMILES string of the molecule is COCc1ncc(CC(=O)O)n1C1CC1. The second kappa shape index (κ2) is 4.02. The molecule has 2 rings (SSSR count). The number of hydrogen-bond donors (Lipinski definition) is 1. The number of nitrogens with zero attached hydrogens (tertiary/aromatic N) is 2. The van der Waals surface area contributed by atoms with E-state index < -0.39 is 5.97 Å². The van der Waals surface area contributed by atoms with Crippen molar-refractivity contribution < 1.29 is 14.6 Å². The van der Waals surface area contributed by atoms with Crippen molar-refractivity contribution in [3.63, 3.8) is 0 Å². The molecule has 0 amide bonds. The van der Waals surface area contributed by atoms with Crippen molar-refractivity contribution in [3.05, 3.63) is 17.7 Å². The average molecular weight is 210 g/mol. The highest BCUT2D eigenvalue weighted by atomic mass is 16.5. The van der Waals surface area contributed by atoms with E-state index in [1.807, 2.05) is 4.57 Å². The first-order valence-electron chi connectivity index (χ1n) is 4.98. The number of aromatic nitrogens is 2. The fraction of sp³-hybridized carbons (Fsp3) is 0.600. The predicted octanol–water partition coefficient (Wildman–Crippen LogP) is 0.992. The number of methoxy groups -OCH3 is 1. The van der Waals surface area contributed by atoms with Crippen LogP contribution in [0.15, 0.2) is 6.20 Å². The first-order valence-corrected chi connectivity index (χ1v) is 4.98. The van der Waals surface area contributed by atoms with Crippen molar-refractivity contribution in [2.45, 2.75) is 31.9 Å². The smallest absolute Gasteiger partial charge is 0.309 e. The summed E-state index contributed by atoms with van der Waals surface area (Å²) >= 11 is 0. The van der Waals surface area contributed by atoms with E-state index in [1.54, 1.807) is 13.3 Å². The molecule has 0 spiro atoms. The lowest BCUT2D eigenvalue weighted by atomic mass is 10.3. The summed E-state index contributed by atoms with van der Waals surface area (Å²) in [5, 5.41) is 8.76. The van der Waals surface area contributed by atoms with E-state index in [4.69, 9.17) is 9.84 Å². The quantitative estimate of drug-likeness (QED) is 0.787. The lowest BCUT2D eigenvalue weighted by molar-refractivity contribution is -0.136. The molecular weight excluding hydrogens is 196 g/mol. The van der Waals surface area contributed by atoms with Gasteiger partial charge in [0, 0.05) is 25.0 Å². The van der Waals surface area contributed by atoms with Crippen LogP contribution in [0.25, 0.3) is 0 Å².